The molecule has 0 amide bonds. The fourth-order valence-electron chi connectivity index (χ4n) is 3.47. The van der Waals surface area contributed by atoms with Gasteiger partial charge in [0.05, 0.1) is 0 Å². The molecule has 1 aromatic rings. The third-order valence-corrected chi connectivity index (χ3v) is 6.05. The Balaban J connectivity index is 1.77. The first-order valence-electron chi connectivity index (χ1n) is 7.88. The topological polar surface area (TPSA) is 90.0 Å². The van der Waals surface area contributed by atoms with Gasteiger partial charge >= 0.3 is 0 Å². The third kappa shape index (κ3) is 3.14. The van der Waals surface area contributed by atoms with Gasteiger partial charge in [0, 0.05) is 31.7 Å². The van der Waals surface area contributed by atoms with E-state index in [4.69, 9.17) is 5.73 Å². The molecule has 1 aliphatic heterocycles. The van der Waals surface area contributed by atoms with Crippen LogP contribution in [0, 0.1) is 5.92 Å². The number of rotatable bonds is 5. The van der Waals surface area contributed by atoms with E-state index < -0.39 is 10.0 Å². The number of aromatic nitrogens is 2. The van der Waals surface area contributed by atoms with Gasteiger partial charge in [-0.2, -0.15) is 0 Å². The fourth-order valence-corrected chi connectivity index (χ4v) is 4.77. The lowest BCUT2D eigenvalue weighted by molar-refractivity contribution is 0.405. The Morgan fingerprint density at radius 2 is 2.10 bits per heavy atom. The number of hydrogen-bond donors (Lipinski definition) is 2. The fraction of sp³-hybridized carbons (Fsp3) is 0.786. The third-order valence-electron chi connectivity index (χ3n) is 4.69. The van der Waals surface area contributed by atoms with Crippen molar-refractivity contribution < 1.29 is 8.42 Å². The van der Waals surface area contributed by atoms with Crippen molar-refractivity contribution >= 4 is 10.0 Å². The molecule has 6 nitrogen and oxygen atoms in total. The number of sulfonamides is 1. The summed E-state index contributed by atoms with van der Waals surface area (Å²) in [5.41, 5.74) is 5.78. The highest BCUT2D eigenvalue weighted by Gasteiger charge is 2.30. The van der Waals surface area contributed by atoms with E-state index in [1.807, 2.05) is 4.57 Å². The highest BCUT2D eigenvalue weighted by molar-refractivity contribution is 7.89. The minimum absolute atomic E-state index is 0.149. The summed E-state index contributed by atoms with van der Waals surface area (Å²) in [5.74, 6) is 1.24. The highest BCUT2D eigenvalue weighted by Crippen LogP contribution is 2.28. The van der Waals surface area contributed by atoms with Gasteiger partial charge in [0.15, 0.2) is 5.03 Å². The summed E-state index contributed by atoms with van der Waals surface area (Å²) < 4.78 is 29.8. The van der Waals surface area contributed by atoms with Crippen LogP contribution in [0.5, 0.6) is 0 Å². The largest absolute Gasteiger partial charge is 0.333 e. The van der Waals surface area contributed by atoms with E-state index in [0.717, 1.165) is 44.5 Å². The van der Waals surface area contributed by atoms with E-state index in [1.54, 1.807) is 6.20 Å². The number of imidazole rings is 1. The zero-order chi connectivity index (χ0) is 14.9. The van der Waals surface area contributed by atoms with Gasteiger partial charge in [-0.15, -0.1) is 0 Å². The predicted octanol–water partition coefficient (Wildman–Crippen LogP) is 1.02. The predicted molar refractivity (Wildman–Crippen MR) is 80.3 cm³/mol. The first-order chi connectivity index (χ1) is 10.1. The van der Waals surface area contributed by atoms with E-state index in [1.165, 1.54) is 12.8 Å². The van der Waals surface area contributed by atoms with Crippen LogP contribution in [0.25, 0.3) is 0 Å². The molecule has 1 atom stereocenters. The van der Waals surface area contributed by atoms with Crippen LogP contribution in [0.15, 0.2) is 11.2 Å². The van der Waals surface area contributed by atoms with Crippen LogP contribution in [-0.2, 0) is 23.0 Å². The van der Waals surface area contributed by atoms with Crippen LogP contribution >= 0.6 is 0 Å². The molecular formula is C14H24N4O2S. The van der Waals surface area contributed by atoms with E-state index in [9.17, 15) is 8.42 Å². The zero-order valence-corrected chi connectivity index (χ0v) is 13.1. The monoisotopic (exact) mass is 312 g/mol. The summed E-state index contributed by atoms with van der Waals surface area (Å²) in [6, 6.07) is -0.170. The maximum atomic E-state index is 12.5. The molecule has 1 fully saturated rings. The summed E-state index contributed by atoms with van der Waals surface area (Å²) in [4.78, 5) is 4.31. The Labute approximate surface area is 126 Å². The minimum atomic E-state index is -3.57. The number of hydrogen-bond acceptors (Lipinski definition) is 4. The molecule has 3 rings (SSSR count). The van der Waals surface area contributed by atoms with Crippen LogP contribution in [-0.4, -0.2) is 30.6 Å². The van der Waals surface area contributed by atoms with Crippen LogP contribution in [0.3, 0.4) is 0 Å². The Morgan fingerprint density at radius 3 is 2.76 bits per heavy atom. The van der Waals surface area contributed by atoms with Gasteiger partial charge in [-0.1, -0.05) is 12.8 Å². The summed E-state index contributed by atoms with van der Waals surface area (Å²) in [6.45, 7) is 1.21. The molecule has 2 heterocycles. The molecule has 118 valence electrons. The normalized spacial score (nSPS) is 21.4. The van der Waals surface area contributed by atoms with E-state index in [0.29, 0.717) is 12.5 Å². The molecule has 1 aliphatic carbocycles. The maximum Gasteiger partial charge on any atom is 0.259 e. The van der Waals surface area contributed by atoms with Crippen molar-refractivity contribution in [3.8, 4) is 0 Å². The first-order valence-corrected chi connectivity index (χ1v) is 9.37. The Kier molecular flexibility index (Phi) is 4.33. The molecule has 1 aromatic heterocycles. The molecule has 0 radical (unpaired) electrons. The van der Waals surface area contributed by atoms with Gasteiger partial charge in [0.2, 0.25) is 0 Å². The molecule has 21 heavy (non-hydrogen) atoms. The molecule has 7 heteroatoms. The molecular weight excluding hydrogens is 288 g/mol. The van der Waals surface area contributed by atoms with Gasteiger partial charge in [-0.25, -0.2) is 18.1 Å². The van der Waals surface area contributed by atoms with Crippen molar-refractivity contribution in [3.63, 3.8) is 0 Å². The van der Waals surface area contributed by atoms with Crippen LogP contribution < -0.4 is 10.5 Å². The van der Waals surface area contributed by atoms with Crippen LogP contribution in [0.2, 0.25) is 0 Å². The molecule has 3 N–H and O–H groups in total. The van der Waals surface area contributed by atoms with Crippen molar-refractivity contribution in [1.82, 2.24) is 14.3 Å². The lowest BCUT2D eigenvalue weighted by Crippen LogP contribution is -2.44. The lowest BCUT2D eigenvalue weighted by atomic mass is 9.99. The van der Waals surface area contributed by atoms with Crippen molar-refractivity contribution in [2.75, 3.05) is 6.54 Å². The smallest absolute Gasteiger partial charge is 0.259 e. The molecule has 1 unspecified atom stereocenters. The summed E-state index contributed by atoms with van der Waals surface area (Å²) in [6.07, 6.45) is 9.15. The second kappa shape index (κ2) is 6.06. The number of nitrogens with one attached hydrogen (secondary N) is 1. The number of aryl methyl sites for hydroxylation is 2. The minimum Gasteiger partial charge on any atom is -0.333 e. The SMILES string of the molecule is NCC(NS(=O)(=O)c1cn2c(n1)CCCC2)C1CCCC1. The van der Waals surface area contributed by atoms with E-state index in [2.05, 4.69) is 9.71 Å². The molecule has 0 spiro atoms. The first kappa shape index (κ1) is 15.0. The molecule has 0 saturated heterocycles. The van der Waals surface area contributed by atoms with Gasteiger partial charge in [0.25, 0.3) is 10.0 Å². The average Bonchev–Trinajstić information content (AvgIpc) is 3.13. The van der Waals surface area contributed by atoms with Crippen LogP contribution in [0.1, 0.15) is 44.3 Å². The van der Waals surface area contributed by atoms with Gasteiger partial charge < -0.3 is 10.3 Å². The van der Waals surface area contributed by atoms with Crippen molar-refractivity contribution in [2.45, 2.75) is 62.6 Å². The standard InChI is InChI=1S/C14H24N4O2S/c15-9-12(11-5-1-2-6-11)17-21(19,20)14-10-18-8-4-3-7-13(18)16-14/h10-12,17H,1-9,15H2. The second-order valence-corrected chi connectivity index (χ2v) is 7.81. The Bertz CT molecular complexity index is 567. The molecule has 2 aliphatic rings. The maximum absolute atomic E-state index is 12.5. The number of nitrogens with two attached hydrogens (primary N) is 1. The van der Waals surface area contributed by atoms with Crippen LogP contribution in [0.4, 0.5) is 0 Å². The summed E-state index contributed by atoms with van der Waals surface area (Å²) in [7, 11) is -3.57. The number of fused-ring (bicyclic) bond motifs is 1. The zero-order valence-electron chi connectivity index (χ0n) is 12.3. The second-order valence-electron chi connectivity index (χ2n) is 6.15. The highest BCUT2D eigenvalue weighted by atomic mass is 32.2. The average molecular weight is 312 g/mol. The van der Waals surface area contributed by atoms with Gasteiger partial charge in [-0.3, -0.25) is 0 Å². The Hall–Kier alpha value is -0.920. The molecule has 0 bridgehead atoms. The van der Waals surface area contributed by atoms with Gasteiger partial charge in [-0.05, 0) is 31.6 Å². The number of nitrogens with zero attached hydrogens (tertiary/aromatic N) is 2. The Morgan fingerprint density at radius 1 is 1.33 bits per heavy atom. The summed E-state index contributed by atoms with van der Waals surface area (Å²) in [5, 5.41) is 0.149. The van der Waals surface area contributed by atoms with E-state index >= 15 is 0 Å². The van der Waals surface area contributed by atoms with Crippen molar-refractivity contribution in [3.05, 3.63) is 12.0 Å². The van der Waals surface area contributed by atoms with Crippen molar-refractivity contribution in [1.29, 1.82) is 0 Å². The lowest BCUT2D eigenvalue weighted by Gasteiger charge is -2.22. The molecule has 1 saturated carbocycles. The van der Waals surface area contributed by atoms with E-state index in [-0.39, 0.29) is 11.1 Å². The molecule has 0 aromatic carbocycles. The quantitative estimate of drug-likeness (QED) is 0.849. The van der Waals surface area contributed by atoms with Crippen molar-refractivity contribution in [2.24, 2.45) is 11.7 Å². The van der Waals surface area contributed by atoms with Gasteiger partial charge in [0.1, 0.15) is 5.82 Å². The summed E-state index contributed by atoms with van der Waals surface area (Å²) >= 11 is 0.